The van der Waals surface area contributed by atoms with E-state index in [1.807, 2.05) is 23.6 Å². The lowest BCUT2D eigenvalue weighted by molar-refractivity contribution is 0.0926. The summed E-state index contributed by atoms with van der Waals surface area (Å²) in [5, 5.41) is 13.8. The smallest absolute Gasteiger partial charge is 0.251 e. The molecule has 0 unspecified atom stereocenters. The number of benzene rings is 1. The lowest BCUT2D eigenvalue weighted by atomic mass is 10.0. The van der Waals surface area contributed by atoms with Crippen LogP contribution in [0.3, 0.4) is 0 Å². The van der Waals surface area contributed by atoms with Gasteiger partial charge in [0, 0.05) is 10.4 Å². The summed E-state index contributed by atoms with van der Waals surface area (Å²) in [6, 6.07) is 12.8. The summed E-state index contributed by atoms with van der Waals surface area (Å²) in [4.78, 5) is 13.4. The molecular weight excluding hydrogens is 268 g/mol. The quantitative estimate of drug-likeness (QED) is 0.929. The molecule has 1 aromatic heterocycles. The highest BCUT2D eigenvalue weighted by molar-refractivity contribution is 7.10. The van der Waals surface area contributed by atoms with Gasteiger partial charge in [0.15, 0.2) is 0 Å². The lowest BCUT2D eigenvalue weighted by Crippen LogP contribution is -2.31. The van der Waals surface area contributed by atoms with Crippen molar-refractivity contribution in [2.45, 2.75) is 19.9 Å². The average Bonchev–Trinajstić information content (AvgIpc) is 2.98. The number of carbonyl (C=O) groups is 1. The van der Waals surface area contributed by atoms with Crippen LogP contribution in [0.5, 0.6) is 0 Å². The van der Waals surface area contributed by atoms with E-state index >= 15 is 0 Å². The van der Waals surface area contributed by atoms with Gasteiger partial charge in [0.05, 0.1) is 17.7 Å². The molecule has 3 nitrogen and oxygen atoms in total. The first kappa shape index (κ1) is 14.3. The molecule has 0 aliphatic rings. The maximum Gasteiger partial charge on any atom is 0.251 e. The van der Waals surface area contributed by atoms with Crippen LogP contribution in [0.1, 0.15) is 40.7 Å². The second-order valence-electron chi connectivity index (χ2n) is 4.90. The zero-order valence-electron chi connectivity index (χ0n) is 11.5. The number of hydrogen-bond donors (Lipinski definition) is 1. The fraction of sp³-hybridized carbons (Fsp3) is 0.250. The van der Waals surface area contributed by atoms with E-state index in [2.05, 4.69) is 19.2 Å². The number of amides is 1. The van der Waals surface area contributed by atoms with Crippen LogP contribution in [0.15, 0.2) is 41.8 Å². The van der Waals surface area contributed by atoms with Crippen molar-refractivity contribution in [3.63, 3.8) is 0 Å². The maximum absolute atomic E-state index is 12.3. The van der Waals surface area contributed by atoms with E-state index in [1.54, 1.807) is 35.6 Å². The number of hydrogen-bond acceptors (Lipinski definition) is 3. The van der Waals surface area contributed by atoms with E-state index in [1.165, 1.54) is 0 Å². The Hall–Kier alpha value is -2.12. The number of nitriles is 1. The first-order valence-electron chi connectivity index (χ1n) is 6.46. The largest absolute Gasteiger partial charge is 0.344 e. The van der Waals surface area contributed by atoms with Gasteiger partial charge in [-0.3, -0.25) is 4.79 Å². The highest BCUT2D eigenvalue weighted by Crippen LogP contribution is 2.26. The van der Waals surface area contributed by atoms with Crippen LogP contribution in [-0.4, -0.2) is 5.91 Å². The molecule has 1 N–H and O–H groups in total. The minimum Gasteiger partial charge on any atom is -0.344 e. The molecule has 0 aliphatic carbocycles. The number of carbonyl (C=O) groups excluding carboxylic acids is 1. The Balaban J connectivity index is 2.14. The third kappa shape index (κ3) is 3.25. The molecule has 0 fully saturated rings. The molecule has 0 bridgehead atoms. The van der Waals surface area contributed by atoms with Gasteiger partial charge in [-0.15, -0.1) is 11.3 Å². The average molecular weight is 284 g/mol. The van der Waals surface area contributed by atoms with Crippen LogP contribution in [0.4, 0.5) is 0 Å². The molecule has 20 heavy (non-hydrogen) atoms. The maximum atomic E-state index is 12.3. The third-order valence-electron chi connectivity index (χ3n) is 3.08. The van der Waals surface area contributed by atoms with Crippen LogP contribution in [0.25, 0.3) is 0 Å². The highest BCUT2D eigenvalue weighted by atomic mass is 32.1. The molecule has 0 spiro atoms. The summed E-state index contributed by atoms with van der Waals surface area (Å²) < 4.78 is 0. The van der Waals surface area contributed by atoms with E-state index in [0.717, 1.165) is 4.88 Å². The van der Waals surface area contributed by atoms with Gasteiger partial charge >= 0.3 is 0 Å². The van der Waals surface area contributed by atoms with E-state index < -0.39 is 0 Å². The van der Waals surface area contributed by atoms with Gasteiger partial charge in [-0.25, -0.2) is 0 Å². The fourth-order valence-corrected chi connectivity index (χ4v) is 2.90. The van der Waals surface area contributed by atoms with Gasteiger partial charge in [-0.2, -0.15) is 5.26 Å². The van der Waals surface area contributed by atoms with Crippen LogP contribution in [0, 0.1) is 17.2 Å². The number of rotatable bonds is 4. The minimum atomic E-state index is -0.110. The standard InChI is InChI=1S/C16H16N2OS/c1-11(2)15(14-4-3-9-20-14)18-16(19)13-7-5-12(10-17)6-8-13/h3-9,11,15H,1-2H3,(H,18,19)/t15-/m0/s1. The van der Waals surface area contributed by atoms with Crippen LogP contribution >= 0.6 is 11.3 Å². The molecule has 1 heterocycles. The van der Waals surface area contributed by atoms with Gasteiger partial charge in [0.25, 0.3) is 5.91 Å². The van der Waals surface area contributed by atoms with Crippen molar-refractivity contribution >= 4 is 17.2 Å². The van der Waals surface area contributed by atoms with Crippen molar-refractivity contribution in [3.05, 3.63) is 57.8 Å². The van der Waals surface area contributed by atoms with E-state index in [4.69, 9.17) is 5.26 Å². The Labute approximate surface area is 122 Å². The third-order valence-corrected chi connectivity index (χ3v) is 4.03. The molecule has 0 aliphatic heterocycles. The van der Waals surface area contributed by atoms with Crippen LogP contribution in [-0.2, 0) is 0 Å². The predicted molar refractivity (Wildman–Crippen MR) is 80.5 cm³/mol. The summed E-state index contributed by atoms with van der Waals surface area (Å²) in [6.07, 6.45) is 0. The Kier molecular flexibility index (Phi) is 4.54. The zero-order valence-corrected chi connectivity index (χ0v) is 12.3. The Morgan fingerprint density at radius 1 is 1.25 bits per heavy atom. The zero-order chi connectivity index (χ0) is 14.5. The summed E-state index contributed by atoms with van der Waals surface area (Å²) >= 11 is 1.64. The molecule has 0 saturated heterocycles. The lowest BCUT2D eigenvalue weighted by Gasteiger charge is -2.21. The molecule has 0 saturated carbocycles. The van der Waals surface area contributed by atoms with Crippen LogP contribution < -0.4 is 5.32 Å². The summed E-state index contributed by atoms with van der Waals surface area (Å²) in [5.41, 5.74) is 1.13. The van der Waals surface area contributed by atoms with Crippen LogP contribution in [0.2, 0.25) is 0 Å². The van der Waals surface area contributed by atoms with Crippen molar-refractivity contribution in [2.24, 2.45) is 5.92 Å². The van der Waals surface area contributed by atoms with Crippen molar-refractivity contribution in [2.75, 3.05) is 0 Å². The summed E-state index contributed by atoms with van der Waals surface area (Å²) in [6.45, 7) is 4.17. The molecule has 1 atom stereocenters. The highest BCUT2D eigenvalue weighted by Gasteiger charge is 2.19. The Morgan fingerprint density at radius 2 is 1.95 bits per heavy atom. The number of nitrogens with one attached hydrogen (secondary N) is 1. The first-order valence-corrected chi connectivity index (χ1v) is 7.34. The minimum absolute atomic E-state index is 0.0122. The molecule has 102 valence electrons. The molecule has 2 aromatic rings. The van der Waals surface area contributed by atoms with Crippen molar-refractivity contribution in [1.29, 1.82) is 5.26 Å². The fourth-order valence-electron chi connectivity index (χ4n) is 1.96. The van der Waals surface area contributed by atoms with Crippen molar-refractivity contribution < 1.29 is 4.79 Å². The molecule has 1 aromatic carbocycles. The van der Waals surface area contributed by atoms with E-state index in [0.29, 0.717) is 17.0 Å². The van der Waals surface area contributed by atoms with Gasteiger partial charge in [0.2, 0.25) is 0 Å². The second-order valence-corrected chi connectivity index (χ2v) is 5.88. The van der Waals surface area contributed by atoms with E-state index in [-0.39, 0.29) is 11.9 Å². The van der Waals surface area contributed by atoms with Crippen molar-refractivity contribution in [1.82, 2.24) is 5.32 Å². The molecular formula is C16H16N2OS. The number of nitrogens with zero attached hydrogens (tertiary/aromatic N) is 1. The second kappa shape index (κ2) is 6.36. The van der Waals surface area contributed by atoms with Gasteiger partial charge in [-0.05, 0) is 41.6 Å². The predicted octanol–water partition coefficient (Wildman–Crippen LogP) is 3.75. The molecule has 4 heteroatoms. The Morgan fingerprint density at radius 3 is 2.45 bits per heavy atom. The normalized spacial score (nSPS) is 11.9. The summed E-state index contributed by atoms with van der Waals surface area (Å²) in [7, 11) is 0. The first-order chi connectivity index (χ1) is 9.61. The molecule has 1 amide bonds. The van der Waals surface area contributed by atoms with E-state index in [9.17, 15) is 4.79 Å². The van der Waals surface area contributed by atoms with Crippen molar-refractivity contribution in [3.8, 4) is 6.07 Å². The Bertz CT molecular complexity index is 609. The SMILES string of the molecule is CC(C)[C@H](NC(=O)c1ccc(C#N)cc1)c1cccs1. The van der Waals surface area contributed by atoms with Gasteiger partial charge in [0.1, 0.15) is 0 Å². The molecule has 2 rings (SSSR count). The number of thiophene rings is 1. The topological polar surface area (TPSA) is 52.9 Å². The monoisotopic (exact) mass is 284 g/mol. The molecule has 0 radical (unpaired) electrons. The van der Waals surface area contributed by atoms with Gasteiger partial charge in [-0.1, -0.05) is 19.9 Å². The summed E-state index contributed by atoms with van der Waals surface area (Å²) in [5.74, 6) is 0.206. The van der Waals surface area contributed by atoms with Gasteiger partial charge < -0.3 is 5.32 Å².